The van der Waals surface area contributed by atoms with Gasteiger partial charge in [0.15, 0.2) is 0 Å². The Morgan fingerprint density at radius 3 is 2.45 bits per heavy atom. The first-order chi connectivity index (χ1) is 9.97. The second-order valence-electron chi connectivity index (χ2n) is 6.21. The highest BCUT2D eigenvalue weighted by Gasteiger charge is 2.44. The Kier molecular flexibility index (Phi) is 5.22. The minimum atomic E-state index is -4.39. The number of rotatable bonds is 3. The number of halogens is 4. The molecule has 124 valence electrons. The summed E-state index contributed by atoms with van der Waals surface area (Å²) in [4.78, 5) is 3.40. The van der Waals surface area contributed by atoms with Crippen LogP contribution < -0.4 is 10.1 Å². The topological polar surface area (TPSA) is 34.1 Å². The smallest absolute Gasteiger partial charge is 0.433 e. The first-order valence-electron chi connectivity index (χ1n) is 7.34. The zero-order valence-electron chi connectivity index (χ0n) is 12.2. The number of ether oxygens (including phenoxy) is 1. The quantitative estimate of drug-likeness (QED) is 0.914. The molecule has 0 amide bonds. The number of aromatic nitrogens is 1. The van der Waals surface area contributed by atoms with Crippen molar-refractivity contribution in [2.24, 2.45) is 11.3 Å². The maximum Gasteiger partial charge on any atom is 0.433 e. The molecule has 0 atom stereocenters. The van der Waals surface area contributed by atoms with Gasteiger partial charge in [-0.1, -0.05) is 0 Å². The van der Waals surface area contributed by atoms with E-state index >= 15 is 0 Å². The van der Waals surface area contributed by atoms with Gasteiger partial charge in [-0.2, -0.15) is 13.2 Å². The molecule has 7 heteroatoms. The van der Waals surface area contributed by atoms with Crippen LogP contribution in [0.4, 0.5) is 13.2 Å². The van der Waals surface area contributed by atoms with Gasteiger partial charge in [0, 0.05) is 0 Å². The van der Waals surface area contributed by atoms with Crippen LogP contribution in [0.1, 0.15) is 31.4 Å². The Bertz CT molecular complexity index is 479. The molecule has 1 aromatic rings. The first-order valence-corrected chi connectivity index (χ1v) is 7.34. The molecule has 1 aromatic heterocycles. The van der Waals surface area contributed by atoms with Crippen molar-refractivity contribution in [3.05, 3.63) is 24.0 Å². The molecule has 1 saturated carbocycles. The van der Waals surface area contributed by atoms with E-state index in [1.807, 2.05) is 0 Å². The molecule has 1 aliphatic carbocycles. The summed E-state index contributed by atoms with van der Waals surface area (Å²) < 4.78 is 42.7. The molecule has 3 nitrogen and oxygen atoms in total. The van der Waals surface area contributed by atoms with Gasteiger partial charge in [-0.05, 0) is 62.2 Å². The molecule has 22 heavy (non-hydrogen) atoms. The lowest BCUT2D eigenvalue weighted by atomic mass is 9.58. The normalized spacial score (nSPS) is 21.0. The average molecular weight is 337 g/mol. The van der Waals surface area contributed by atoms with Crippen molar-refractivity contribution in [1.82, 2.24) is 10.3 Å². The van der Waals surface area contributed by atoms with Gasteiger partial charge in [-0.15, -0.1) is 12.4 Å². The lowest BCUT2D eigenvalue weighted by Crippen LogP contribution is -2.46. The van der Waals surface area contributed by atoms with Gasteiger partial charge in [0.05, 0.1) is 12.8 Å². The van der Waals surface area contributed by atoms with Crippen molar-refractivity contribution in [3.63, 3.8) is 0 Å². The van der Waals surface area contributed by atoms with E-state index in [1.54, 1.807) is 0 Å². The van der Waals surface area contributed by atoms with Crippen LogP contribution in [-0.2, 0) is 6.18 Å². The van der Waals surface area contributed by atoms with Crippen LogP contribution in [0, 0.1) is 11.3 Å². The lowest BCUT2D eigenvalue weighted by Gasteiger charge is -2.50. The van der Waals surface area contributed by atoms with E-state index in [4.69, 9.17) is 4.74 Å². The summed E-state index contributed by atoms with van der Waals surface area (Å²) in [6, 6.07) is 2.30. The molecular weight excluding hydrogens is 317 g/mol. The predicted octanol–water partition coefficient (Wildman–Crippen LogP) is 3.68. The van der Waals surface area contributed by atoms with E-state index in [0.29, 0.717) is 23.7 Å². The number of nitrogens with one attached hydrogen (secondary N) is 1. The molecule has 0 aromatic carbocycles. The molecule has 2 aliphatic rings. The molecule has 1 N–H and O–H groups in total. The monoisotopic (exact) mass is 336 g/mol. The molecule has 0 unspecified atom stereocenters. The fraction of sp³-hybridized carbons (Fsp3) is 0.667. The van der Waals surface area contributed by atoms with Crippen LogP contribution in [0.2, 0.25) is 0 Å². The highest BCUT2D eigenvalue weighted by Crippen LogP contribution is 2.51. The van der Waals surface area contributed by atoms with E-state index in [2.05, 4.69) is 10.3 Å². The van der Waals surface area contributed by atoms with Gasteiger partial charge in [0.1, 0.15) is 11.4 Å². The van der Waals surface area contributed by atoms with Crippen LogP contribution in [0.15, 0.2) is 18.3 Å². The maximum atomic E-state index is 12.4. The Balaban J connectivity index is 0.00000176. The molecule has 1 aliphatic heterocycles. The fourth-order valence-corrected chi connectivity index (χ4v) is 3.50. The van der Waals surface area contributed by atoms with Crippen molar-refractivity contribution in [2.75, 3.05) is 19.7 Å². The van der Waals surface area contributed by atoms with Crippen molar-refractivity contribution in [2.45, 2.75) is 31.9 Å². The Hall–Kier alpha value is -1.01. The number of alkyl halides is 3. The summed E-state index contributed by atoms with van der Waals surface area (Å²) in [7, 11) is 0. The summed E-state index contributed by atoms with van der Waals surface area (Å²) in [6.07, 6.45) is 1.55. The molecule has 0 bridgehead atoms. The van der Waals surface area contributed by atoms with E-state index in [0.717, 1.165) is 25.4 Å². The summed E-state index contributed by atoms with van der Waals surface area (Å²) in [6.45, 7) is 2.76. The van der Waals surface area contributed by atoms with Gasteiger partial charge in [0.2, 0.25) is 0 Å². The zero-order valence-corrected chi connectivity index (χ0v) is 13.0. The number of piperidine rings is 1. The van der Waals surface area contributed by atoms with E-state index in [1.165, 1.54) is 31.7 Å². The van der Waals surface area contributed by atoms with Gasteiger partial charge in [-0.3, -0.25) is 0 Å². The number of pyridine rings is 1. The largest absolute Gasteiger partial charge is 0.492 e. The van der Waals surface area contributed by atoms with E-state index < -0.39 is 11.9 Å². The zero-order chi connectivity index (χ0) is 14.9. The molecular formula is C15H20ClF3N2O. The first kappa shape index (κ1) is 17.3. The highest BCUT2D eigenvalue weighted by molar-refractivity contribution is 5.85. The third-order valence-corrected chi connectivity index (χ3v) is 4.62. The molecule has 2 heterocycles. The third-order valence-electron chi connectivity index (χ3n) is 4.62. The second kappa shape index (κ2) is 6.62. The van der Waals surface area contributed by atoms with Crippen LogP contribution in [0.25, 0.3) is 0 Å². The van der Waals surface area contributed by atoms with Crippen LogP contribution in [-0.4, -0.2) is 24.7 Å². The highest BCUT2D eigenvalue weighted by atomic mass is 35.5. The van der Waals surface area contributed by atoms with Gasteiger partial charge in [0.25, 0.3) is 0 Å². The minimum absolute atomic E-state index is 0. The Morgan fingerprint density at radius 2 is 1.91 bits per heavy atom. The summed E-state index contributed by atoms with van der Waals surface area (Å²) in [5, 5.41) is 3.37. The summed E-state index contributed by atoms with van der Waals surface area (Å²) >= 11 is 0. The lowest BCUT2D eigenvalue weighted by molar-refractivity contribution is -0.141. The van der Waals surface area contributed by atoms with Crippen LogP contribution >= 0.6 is 12.4 Å². The SMILES string of the molecule is Cl.FC(F)(F)c1ccc(OCC2CC3(CCNCC3)C2)cn1. The molecule has 3 rings (SSSR count). The fourth-order valence-electron chi connectivity index (χ4n) is 3.50. The standard InChI is InChI=1S/C15H19F3N2O.ClH/c16-15(17,18)13-2-1-12(9-20-13)21-10-11-7-14(8-11)3-5-19-6-4-14;/h1-2,9,11,19H,3-8,10H2;1H. The third kappa shape index (κ3) is 3.84. The van der Waals surface area contributed by atoms with Crippen molar-refractivity contribution >= 4 is 12.4 Å². The van der Waals surface area contributed by atoms with Gasteiger partial charge in [-0.25, -0.2) is 4.98 Å². The Labute approximate surface area is 134 Å². The van der Waals surface area contributed by atoms with Crippen molar-refractivity contribution in [3.8, 4) is 5.75 Å². The average Bonchev–Trinajstić information content (AvgIpc) is 2.43. The van der Waals surface area contributed by atoms with Crippen LogP contribution in [0.3, 0.4) is 0 Å². The molecule has 1 spiro atoms. The Morgan fingerprint density at radius 1 is 1.23 bits per heavy atom. The number of hydrogen-bond acceptors (Lipinski definition) is 3. The molecule has 0 radical (unpaired) electrons. The van der Waals surface area contributed by atoms with Crippen molar-refractivity contribution in [1.29, 1.82) is 0 Å². The molecule has 2 fully saturated rings. The summed E-state index contributed by atoms with van der Waals surface area (Å²) in [5.74, 6) is 0.930. The van der Waals surface area contributed by atoms with Gasteiger partial charge >= 0.3 is 6.18 Å². The van der Waals surface area contributed by atoms with E-state index in [-0.39, 0.29) is 12.4 Å². The predicted molar refractivity (Wildman–Crippen MR) is 79.2 cm³/mol. The van der Waals surface area contributed by atoms with Crippen LogP contribution in [0.5, 0.6) is 5.75 Å². The second-order valence-corrected chi connectivity index (χ2v) is 6.21. The summed E-state index contributed by atoms with van der Waals surface area (Å²) in [5.41, 5.74) is -0.385. The number of nitrogens with zero attached hydrogens (tertiary/aromatic N) is 1. The minimum Gasteiger partial charge on any atom is -0.492 e. The van der Waals surface area contributed by atoms with Gasteiger partial charge < -0.3 is 10.1 Å². The molecule has 1 saturated heterocycles. The van der Waals surface area contributed by atoms with Crippen molar-refractivity contribution < 1.29 is 17.9 Å². The number of hydrogen-bond donors (Lipinski definition) is 1. The van der Waals surface area contributed by atoms with E-state index in [9.17, 15) is 13.2 Å². The maximum absolute atomic E-state index is 12.4.